The number of amides is 2. The number of carbonyl (C=O) groups is 2. The Morgan fingerprint density at radius 3 is 2.36 bits per heavy atom. The SMILES string of the molecule is CN1CC2CC1CN2C1CCN(C(=O)[C@H](CC(=O)N2CCC(n3c(=O)[nH]c4c5ccccc5ncc43)CC2)Cc2cc(Cl)c(O)c(C(F)(F)F)c2)CC1. The van der Waals surface area contributed by atoms with Crippen LogP contribution in [0.5, 0.6) is 5.75 Å². The van der Waals surface area contributed by atoms with Crippen LogP contribution in [0.4, 0.5) is 13.2 Å². The lowest BCUT2D eigenvalue weighted by Gasteiger charge is -2.42. The third-order valence-electron chi connectivity index (χ3n) is 12.1. The fraction of sp³-hybridized carbons (Fsp3) is 0.526. The number of aromatic nitrogens is 3. The number of fused-ring (bicyclic) bond motifs is 5. The number of phenolic OH excluding ortho intramolecular Hbond substituents is 1. The molecule has 8 rings (SSSR count). The molecule has 2 amide bonds. The smallest absolute Gasteiger partial charge is 0.420 e. The Balaban J connectivity index is 0.973. The first kappa shape index (κ1) is 35.9. The number of halogens is 4. The lowest BCUT2D eigenvalue weighted by atomic mass is 9.91. The van der Waals surface area contributed by atoms with Crippen LogP contribution in [0.1, 0.15) is 55.7 Å². The Morgan fingerprint density at radius 2 is 1.68 bits per heavy atom. The number of imidazole rings is 1. The number of aromatic hydroxyl groups is 1. The van der Waals surface area contributed by atoms with Crippen molar-refractivity contribution in [1.82, 2.24) is 34.1 Å². The predicted molar refractivity (Wildman–Crippen MR) is 194 cm³/mol. The number of pyridine rings is 1. The lowest BCUT2D eigenvalue weighted by Crippen LogP contribution is -2.54. The number of nitrogens with one attached hydrogen (secondary N) is 1. The molecular formula is C38H43ClF3N7O4. The van der Waals surface area contributed by atoms with Gasteiger partial charge in [0.05, 0.1) is 39.3 Å². The van der Waals surface area contributed by atoms with Crippen LogP contribution in [0, 0.1) is 5.92 Å². The van der Waals surface area contributed by atoms with Gasteiger partial charge in [-0.25, -0.2) is 4.79 Å². The number of benzene rings is 2. The lowest BCUT2D eigenvalue weighted by molar-refractivity contribution is -0.143. The van der Waals surface area contributed by atoms with Gasteiger partial charge in [-0.2, -0.15) is 13.2 Å². The molecule has 2 N–H and O–H groups in total. The van der Waals surface area contributed by atoms with Crippen LogP contribution in [0.25, 0.3) is 21.9 Å². The van der Waals surface area contributed by atoms with E-state index in [0.29, 0.717) is 68.2 Å². The van der Waals surface area contributed by atoms with E-state index in [2.05, 4.69) is 26.8 Å². The second kappa shape index (κ2) is 13.9. The van der Waals surface area contributed by atoms with Gasteiger partial charge in [-0.3, -0.25) is 24.0 Å². The van der Waals surface area contributed by atoms with E-state index >= 15 is 0 Å². The molecule has 15 heteroatoms. The molecular weight excluding hydrogens is 711 g/mol. The minimum absolute atomic E-state index is 0.122. The van der Waals surface area contributed by atoms with Crippen LogP contribution in [0.15, 0.2) is 47.4 Å². The maximum Gasteiger partial charge on any atom is 0.420 e. The number of phenols is 1. The molecule has 4 aromatic rings. The molecule has 53 heavy (non-hydrogen) atoms. The number of likely N-dealkylation sites (tertiary alicyclic amines) is 4. The van der Waals surface area contributed by atoms with Gasteiger partial charge in [0, 0.05) is 75.2 Å². The quantitative estimate of drug-likeness (QED) is 0.272. The van der Waals surface area contributed by atoms with E-state index in [0.717, 1.165) is 42.9 Å². The van der Waals surface area contributed by atoms with Gasteiger partial charge in [0.1, 0.15) is 5.75 Å². The molecule has 282 valence electrons. The minimum Gasteiger partial charge on any atom is -0.506 e. The van der Waals surface area contributed by atoms with Crippen molar-refractivity contribution < 1.29 is 27.9 Å². The second-order valence-corrected chi connectivity index (χ2v) is 15.7. The highest BCUT2D eigenvalue weighted by atomic mass is 35.5. The highest BCUT2D eigenvalue weighted by Gasteiger charge is 2.45. The second-order valence-electron chi connectivity index (χ2n) is 15.3. The van der Waals surface area contributed by atoms with E-state index in [9.17, 15) is 32.7 Å². The minimum atomic E-state index is -4.86. The molecule has 4 saturated heterocycles. The number of hydrogen-bond acceptors (Lipinski definition) is 7. The van der Waals surface area contributed by atoms with Crippen molar-refractivity contribution >= 4 is 45.4 Å². The number of hydrogen-bond donors (Lipinski definition) is 2. The zero-order valence-electron chi connectivity index (χ0n) is 29.5. The third-order valence-corrected chi connectivity index (χ3v) is 12.4. The summed E-state index contributed by atoms with van der Waals surface area (Å²) >= 11 is 6.05. The summed E-state index contributed by atoms with van der Waals surface area (Å²) in [6, 6.07) is 10.9. The fourth-order valence-electron chi connectivity index (χ4n) is 9.34. The molecule has 0 saturated carbocycles. The highest BCUT2D eigenvalue weighted by molar-refractivity contribution is 6.32. The number of alkyl halides is 3. The number of piperazine rings is 1. The number of nitrogens with zero attached hydrogens (tertiary/aromatic N) is 6. The molecule has 2 bridgehead atoms. The standard InChI is InChI=1S/C38H43ClF3N7O4/c1-45-20-27-18-26(45)21-48(27)24-6-12-47(13-7-24)36(52)23(14-22-15-29(38(40,41)42)35(51)30(39)16-22)17-33(50)46-10-8-25(9-11-46)49-32-19-43-31-5-3-2-4-28(31)34(32)44-37(49)53/h2-5,15-16,19,23-27,51H,6-14,17-18,20-21H2,1H3,(H,44,53)/t23-,26?,27?/m0/s1. The van der Waals surface area contributed by atoms with Crippen molar-refractivity contribution in [2.45, 2.75) is 75.3 Å². The summed E-state index contributed by atoms with van der Waals surface area (Å²) in [6.45, 7) is 3.80. The number of rotatable bonds is 7. The molecule has 3 atom stereocenters. The van der Waals surface area contributed by atoms with Crippen LogP contribution in [0.3, 0.4) is 0 Å². The van der Waals surface area contributed by atoms with Gasteiger partial charge in [-0.15, -0.1) is 0 Å². The third kappa shape index (κ3) is 6.78. The zero-order chi connectivity index (χ0) is 37.2. The normalized spacial score (nSPS) is 22.7. The maximum absolute atomic E-state index is 14.2. The summed E-state index contributed by atoms with van der Waals surface area (Å²) in [5.74, 6) is -2.52. The highest BCUT2D eigenvalue weighted by Crippen LogP contribution is 2.41. The molecule has 4 fully saturated rings. The van der Waals surface area contributed by atoms with Gasteiger partial charge in [-0.05, 0) is 69.3 Å². The topological polar surface area (TPSA) is 118 Å². The molecule has 6 heterocycles. The predicted octanol–water partition coefficient (Wildman–Crippen LogP) is 5.05. The Morgan fingerprint density at radius 1 is 0.981 bits per heavy atom. The van der Waals surface area contributed by atoms with Crippen molar-refractivity contribution in [3.05, 3.63) is 69.2 Å². The number of para-hydroxylation sites is 1. The molecule has 0 aliphatic carbocycles. The Kier molecular flexibility index (Phi) is 9.43. The summed E-state index contributed by atoms with van der Waals surface area (Å²) in [7, 11) is 2.16. The van der Waals surface area contributed by atoms with Gasteiger partial charge in [0.15, 0.2) is 0 Å². The summed E-state index contributed by atoms with van der Waals surface area (Å²) in [5, 5.41) is 10.5. The number of aromatic amines is 1. The van der Waals surface area contributed by atoms with Gasteiger partial charge in [-0.1, -0.05) is 29.8 Å². The van der Waals surface area contributed by atoms with Crippen molar-refractivity contribution in [1.29, 1.82) is 0 Å². The van der Waals surface area contributed by atoms with Gasteiger partial charge in [0.25, 0.3) is 0 Å². The first-order chi connectivity index (χ1) is 25.4. The fourth-order valence-corrected chi connectivity index (χ4v) is 9.58. The molecule has 0 spiro atoms. The van der Waals surface area contributed by atoms with Crippen LogP contribution < -0.4 is 5.69 Å². The molecule has 2 aromatic carbocycles. The first-order valence-electron chi connectivity index (χ1n) is 18.4. The van der Waals surface area contributed by atoms with Gasteiger partial charge in [0.2, 0.25) is 11.8 Å². The van der Waals surface area contributed by atoms with Crippen LogP contribution >= 0.6 is 11.6 Å². The summed E-state index contributed by atoms with van der Waals surface area (Å²) in [6.07, 6.45) is 0.294. The van der Waals surface area contributed by atoms with E-state index < -0.39 is 28.4 Å². The molecule has 11 nitrogen and oxygen atoms in total. The average Bonchev–Trinajstić information content (AvgIpc) is 3.83. The number of likely N-dealkylation sites (N-methyl/N-ethyl adjacent to an activating group) is 1. The number of piperidine rings is 2. The first-order valence-corrected chi connectivity index (χ1v) is 18.8. The molecule has 0 radical (unpaired) electrons. The van der Waals surface area contributed by atoms with Gasteiger partial charge < -0.3 is 24.8 Å². The largest absolute Gasteiger partial charge is 0.506 e. The van der Waals surface area contributed by atoms with E-state index in [4.69, 9.17) is 11.6 Å². The van der Waals surface area contributed by atoms with Crippen LogP contribution in [-0.2, 0) is 22.2 Å². The Labute approximate surface area is 309 Å². The van der Waals surface area contributed by atoms with E-state index in [1.54, 1.807) is 20.6 Å². The Bertz CT molecular complexity index is 2100. The summed E-state index contributed by atoms with van der Waals surface area (Å²) in [4.78, 5) is 57.2. The van der Waals surface area contributed by atoms with Crippen molar-refractivity contribution in [2.75, 3.05) is 46.3 Å². The number of H-pyrrole nitrogens is 1. The van der Waals surface area contributed by atoms with Crippen molar-refractivity contribution in [2.24, 2.45) is 5.92 Å². The summed E-state index contributed by atoms with van der Waals surface area (Å²) < 4.78 is 43.2. The summed E-state index contributed by atoms with van der Waals surface area (Å²) in [5.41, 5.74) is 0.792. The maximum atomic E-state index is 14.2. The van der Waals surface area contributed by atoms with Crippen LogP contribution in [-0.4, -0.2) is 115 Å². The average molecular weight is 754 g/mol. The zero-order valence-corrected chi connectivity index (χ0v) is 30.2. The van der Waals surface area contributed by atoms with E-state index in [1.165, 1.54) is 12.5 Å². The van der Waals surface area contributed by atoms with E-state index in [-0.39, 0.29) is 42.0 Å². The molecule has 2 unspecified atom stereocenters. The van der Waals surface area contributed by atoms with E-state index in [1.807, 2.05) is 24.3 Å². The monoisotopic (exact) mass is 753 g/mol. The molecule has 4 aliphatic heterocycles. The van der Waals surface area contributed by atoms with Crippen LogP contribution in [0.2, 0.25) is 5.02 Å². The van der Waals surface area contributed by atoms with Gasteiger partial charge >= 0.3 is 11.9 Å². The Hall–Kier alpha value is -4.14. The molecule has 4 aliphatic rings. The molecule has 2 aromatic heterocycles. The van der Waals surface area contributed by atoms with Crippen molar-refractivity contribution in [3.63, 3.8) is 0 Å². The van der Waals surface area contributed by atoms with Crippen molar-refractivity contribution in [3.8, 4) is 5.75 Å². The number of carbonyl (C=O) groups excluding carboxylic acids is 2.